The molecule has 1 aromatic heterocycles. The summed E-state index contributed by atoms with van der Waals surface area (Å²) >= 11 is 0. The van der Waals surface area contributed by atoms with Crippen molar-refractivity contribution in [3.63, 3.8) is 0 Å². The highest BCUT2D eigenvalue weighted by Crippen LogP contribution is 2.18. The lowest BCUT2D eigenvalue weighted by atomic mass is 10.1. The molecule has 0 unspecified atom stereocenters. The van der Waals surface area contributed by atoms with Gasteiger partial charge in [-0.1, -0.05) is 6.07 Å². The van der Waals surface area contributed by atoms with Crippen LogP contribution in [0.4, 0.5) is 5.95 Å². The molecule has 2 aromatic rings. The maximum atomic E-state index is 12.1. The molecule has 1 amide bonds. The standard InChI is InChI=1S/C12H16N4O/c1-12(2,3)16-10(17)7-5-4-6-8-9(7)15-11(13)14-8/h4-6H,1-3H3,(H,16,17)(H3,13,14,15). The highest BCUT2D eigenvalue weighted by Gasteiger charge is 2.18. The van der Waals surface area contributed by atoms with E-state index in [1.54, 1.807) is 12.1 Å². The third kappa shape index (κ3) is 2.38. The Hall–Kier alpha value is -2.04. The van der Waals surface area contributed by atoms with E-state index in [4.69, 9.17) is 5.73 Å². The molecule has 90 valence electrons. The van der Waals surface area contributed by atoms with Gasteiger partial charge in [0.1, 0.15) is 5.52 Å². The molecule has 0 spiro atoms. The lowest BCUT2D eigenvalue weighted by molar-refractivity contribution is 0.0921. The number of amides is 1. The predicted molar refractivity (Wildman–Crippen MR) is 67.7 cm³/mol. The van der Waals surface area contributed by atoms with E-state index in [1.807, 2.05) is 26.8 Å². The monoisotopic (exact) mass is 232 g/mol. The van der Waals surface area contributed by atoms with E-state index in [0.717, 1.165) is 5.52 Å². The Labute approximate surface area is 99.4 Å². The molecule has 2 rings (SSSR count). The summed E-state index contributed by atoms with van der Waals surface area (Å²) in [4.78, 5) is 19.1. The average molecular weight is 232 g/mol. The van der Waals surface area contributed by atoms with Crippen LogP contribution in [0, 0.1) is 0 Å². The Kier molecular flexibility index (Phi) is 2.53. The van der Waals surface area contributed by atoms with E-state index in [9.17, 15) is 4.79 Å². The number of aromatic nitrogens is 2. The van der Waals surface area contributed by atoms with Gasteiger partial charge in [0.05, 0.1) is 11.1 Å². The number of rotatable bonds is 1. The van der Waals surface area contributed by atoms with Crippen LogP contribution >= 0.6 is 0 Å². The quantitative estimate of drug-likeness (QED) is 0.699. The number of H-pyrrole nitrogens is 1. The number of benzene rings is 1. The van der Waals surface area contributed by atoms with Crippen LogP contribution in [0.3, 0.4) is 0 Å². The molecule has 0 saturated carbocycles. The largest absolute Gasteiger partial charge is 0.369 e. The second-order valence-electron chi connectivity index (χ2n) is 5.03. The van der Waals surface area contributed by atoms with Crippen molar-refractivity contribution in [3.05, 3.63) is 23.8 Å². The minimum Gasteiger partial charge on any atom is -0.369 e. The second kappa shape index (κ2) is 3.76. The number of nitrogens with zero attached hydrogens (tertiary/aromatic N) is 1. The van der Waals surface area contributed by atoms with Gasteiger partial charge in [0.2, 0.25) is 0 Å². The van der Waals surface area contributed by atoms with E-state index in [1.165, 1.54) is 0 Å². The molecule has 5 nitrogen and oxygen atoms in total. The first-order chi connectivity index (χ1) is 7.87. The number of carbonyl (C=O) groups is 1. The van der Waals surface area contributed by atoms with Gasteiger partial charge in [-0.05, 0) is 32.9 Å². The van der Waals surface area contributed by atoms with Crippen LogP contribution in [0.15, 0.2) is 18.2 Å². The normalized spacial score (nSPS) is 11.7. The summed E-state index contributed by atoms with van der Waals surface area (Å²) in [7, 11) is 0. The second-order valence-corrected chi connectivity index (χ2v) is 5.03. The van der Waals surface area contributed by atoms with Crippen LogP contribution in [0.5, 0.6) is 0 Å². The van der Waals surface area contributed by atoms with Crippen LogP contribution in [0.1, 0.15) is 31.1 Å². The van der Waals surface area contributed by atoms with E-state index in [0.29, 0.717) is 17.0 Å². The minimum atomic E-state index is -0.277. The summed E-state index contributed by atoms with van der Waals surface area (Å²) in [5, 5.41) is 2.90. The van der Waals surface area contributed by atoms with Gasteiger partial charge < -0.3 is 16.0 Å². The molecule has 0 radical (unpaired) electrons. The van der Waals surface area contributed by atoms with E-state index in [2.05, 4.69) is 15.3 Å². The number of nitrogen functional groups attached to an aromatic ring is 1. The predicted octanol–water partition coefficient (Wildman–Crippen LogP) is 1.67. The zero-order chi connectivity index (χ0) is 12.6. The molecule has 1 aromatic carbocycles. The van der Waals surface area contributed by atoms with Crippen molar-refractivity contribution in [1.29, 1.82) is 0 Å². The molecule has 4 N–H and O–H groups in total. The van der Waals surface area contributed by atoms with Crippen LogP contribution in [-0.4, -0.2) is 21.4 Å². The summed E-state index contributed by atoms with van der Waals surface area (Å²) in [5.41, 5.74) is 7.22. The zero-order valence-corrected chi connectivity index (χ0v) is 10.2. The molecule has 5 heteroatoms. The summed E-state index contributed by atoms with van der Waals surface area (Å²) in [5.74, 6) is 0.172. The number of carbonyl (C=O) groups excluding carboxylic acids is 1. The molecule has 1 heterocycles. The average Bonchev–Trinajstić information content (AvgIpc) is 2.54. The molecule has 0 fully saturated rings. The fraction of sp³-hybridized carbons (Fsp3) is 0.333. The summed E-state index contributed by atoms with van der Waals surface area (Å²) in [6.45, 7) is 5.80. The van der Waals surface area contributed by atoms with Gasteiger partial charge in [0.15, 0.2) is 5.95 Å². The van der Waals surface area contributed by atoms with Gasteiger partial charge in [0, 0.05) is 5.54 Å². The van der Waals surface area contributed by atoms with Crippen molar-refractivity contribution < 1.29 is 4.79 Å². The van der Waals surface area contributed by atoms with E-state index < -0.39 is 0 Å². The number of anilines is 1. The molecule has 0 saturated heterocycles. The summed E-state index contributed by atoms with van der Waals surface area (Å²) in [6.07, 6.45) is 0. The highest BCUT2D eigenvalue weighted by molar-refractivity contribution is 6.05. The zero-order valence-electron chi connectivity index (χ0n) is 10.2. The van der Waals surface area contributed by atoms with Crippen molar-refractivity contribution in [2.24, 2.45) is 0 Å². The van der Waals surface area contributed by atoms with Crippen molar-refractivity contribution in [1.82, 2.24) is 15.3 Å². The third-order valence-electron chi connectivity index (χ3n) is 2.26. The van der Waals surface area contributed by atoms with Crippen molar-refractivity contribution >= 4 is 22.9 Å². The smallest absolute Gasteiger partial charge is 0.253 e. The first-order valence-corrected chi connectivity index (χ1v) is 5.43. The highest BCUT2D eigenvalue weighted by atomic mass is 16.1. The first kappa shape index (κ1) is 11.4. The van der Waals surface area contributed by atoms with Crippen LogP contribution in [0.25, 0.3) is 11.0 Å². The Morgan fingerprint density at radius 1 is 1.41 bits per heavy atom. The molecule has 0 bridgehead atoms. The Balaban J connectivity index is 2.45. The summed E-state index contributed by atoms with van der Waals surface area (Å²) in [6, 6.07) is 5.38. The number of imidazole rings is 1. The number of fused-ring (bicyclic) bond motifs is 1. The Morgan fingerprint density at radius 3 is 2.76 bits per heavy atom. The fourth-order valence-electron chi connectivity index (χ4n) is 1.64. The summed E-state index contributed by atoms with van der Waals surface area (Å²) < 4.78 is 0. The van der Waals surface area contributed by atoms with Crippen LogP contribution in [-0.2, 0) is 0 Å². The lowest BCUT2D eigenvalue weighted by Gasteiger charge is -2.20. The Morgan fingerprint density at radius 2 is 2.12 bits per heavy atom. The van der Waals surface area contributed by atoms with E-state index >= 15 is 0 Å². The lowest BCUT2D eigenvalue weighted by Crippen LogP contribution is -2.40. The van der Waals surface area contributed by atoms with E-state index in [-0.39, 0.29) is 11.4 Å². The number of para-hydroxylation sites is 1. The number of nitrogens with one attached hydrogen (secondary N) is 2. The van der Waals surface area contributed by atoms with Gasteiger partial charge in [-0.25, -0.2) is 4.98 Å². The van der Waals surface area contributed by atoms with Gasteiger partial charge >= 0.3 is 0 Å². The number of aromatic amines is 1. The molecule has 0 atom stereocenters. The molecule has 17 heavy (non-hydrogen) atoms. The maximum Gasteiger partial charge on any atom is 0.253 e. The molecular formula is C12H16N4O. The van der Waals surface area contributed by atoms with Crippen molar-refractivity contribution in [2.75, 3.05) is 5.73 Å². The van der Waals surface area contributed by atoms with Gasteiger partial charge in [-0.3, -0.25) is 4.79 Å². The fourth-order valence-corrected chi connectivity index (χ4v) is 1.64. The molecule has 0 aliphatic carbocycles. The molecular weight excluding hydrogens is 216 g/mol. The SMILES string of the molecule is CC(C)(C)NC(=O)c1cccc2[nH]c(N)nc12. The first-order valence-electron chi connectivity index (χ1n) is 5.43. The van der Waals surface area contributed by atoms with Gasteiger partial charge in [0.25, 0.3) is 5.91 Å². The van der Waals surface area contributed by atoms with Crippen molar-refractivity contribution in [3.8, 4) is 0 Å². The number of hydrogen-bond donors (Lipinski definition) is 3. The van der Waals surface area contributed by atoms with Crippen LogP contribution in [0.2, 0.25) is 0 Å². The number of nitrogens with two attached hydrogens (primary N) is 1. The maximum absolute atomic E-state index is 12.1. The third-order valence-corrected chi connectivity index (χ3v) is 2.26. The molecule has 0 aliphatic rings. The Bertz CT molecular complexity index is 565. The minimum absolute atomic E-state index is 0.144. The van der Waals surface area contributed by atoms with Gasteiger partial charge in [-0.2, -0.15) is 0 Å². The van der Waals surface area contributed by atoms with Crippen molar-refractivity contribution in [2.45, 2.75) is 26.3 Å². The van der Waals surface area contributed by atoms with Gasteiger partial charge in [-0.15, -0.1) is 0 Å². The van der Waals surface area contributed by atoms with Crippen LogP contribution < -0.4 is 11.1 Å². The topological polar surface area (TPSA) is 83.8 Å². The molecule has 0 aliphatic heterocycles. The number of hydrogen-bond acceptors (Lipinski definition) is 3.